The van der Waals surface area contributed by atoms with Crippen molar-refractivity contribution >= 4 is 15.7 Å². The van der Waals surface area contributed by atoms with Crippen molar-refractivity contribution in [3.8, 4) is 0 Å². The Morgan fingerprint density at radius 2 is 2.12 bits per heavy atom. The Balaban J connectivity index is 1.64. The molecule has 0 saturated heterocycles. The van der Waals surface area contributed by atoms with Gasteiger partial charge < -0.3 is 4.90 Å². The summed E-state index contributed by atoms with van der Waals surface area (Å²) in [5, 5.41) is 4.14. The number of hydrogen-bond acceptors (Lipinski definition) is 5. The number of hydrogen-bond donors (Lipinski definition) is 1. The minimum Gasteiger partial charge on any atom is -0.374 e. The van der Waals surface area contributed by atoms with Crippen LogP contribution in [-0.4, -0.2) is 36.8 Å². The van der Waals surface area contributed by atoms with Crippen molar-refractivity contribution in [3.05, 3.63) is 35.9 Å². The molecule has 24 heavy (non-hydrogen) atoms. The Morgan fingerprint density at radius 3 is 3.00 bits per heavy atom. The van der Waals surface area contributed by atoms with Crippen molar-refractivity contribution in [2.75, 3.05) is 18.5 Å². The molecule has 4 rings (SSSR count). The fourth-order valence-corrected chi connectivity index (χ4v) is 4.81. The van der Waals surface area contributed by atoms with Crippen LogP contribution < -0.4 is 9.62 Å². The lowest BCUT2D eigenvalue weighted by atomic mass is 10.0. The summed E-state index contributed by atoms with van der Waals surface area (Å²) >= 11 is 0. The molecule has 0 amide bonds. The van der Waals surface area contributed by atoms with Gasteiger partial charge in [0.05, 0.1) is 10.9 Å². The molecule has 2 aromatic rings. The van der Waals surface area contributed by atoms with Gasteiger partial charge >= 0.3 is 0 Å². The molecule has 1 N–H and O–H groups in total. The topological polar surface area (TPSA) is 80.1 Å². The maximum absolute atomic E-state index is 12.8. The quantitative estimate of drug-likeness (QED) is 0.909. The fraction of sp³-hybridized carbons (Fsp3) is 0.500. The molecule has 3 heterocycles. The number of sulfonamides is 1. The molecule has 1 unspecified atom stereocenters. The first-order valence-electron chi connectivity index (χ1n) is 8.29. The number of benzene rings is 1. The number of rotatable bonds is 3. The lowest BCUT2D eigenvalue weighted by molar-refractivity contribution is 0.400. The van der Waals surface area contributed by atoms with Gasteiger partial charge in [0.1, 0.15) is 12.2 Å². The summed E-state index contributed by atoms with van der Waals surface area (Å²) in [7, 11) is -1.59. The van der Waals surface area contributed by atoms with Gasteiger partial charge in [0, 0.05) is 25.8 Å². The van der Waals surface area contributed by atoms with Crippen LogP contribution in [0.2, 0.25) is 0 Å². The first-order valence-corrected chi connectivity index (χ1v) is 9.77. The zero-order chi connectivity index (χ0) is 16.7. The molecule has 0 bridgehead atoms. The Hall–Kier alpha value is -1.93. The summed E-state index contributed by atoms with van der Waals surface area (Å²) in [6, 6.07) is 5.10. The Morgan fingerprint density at radius 1 is 1.25 bits per heavy atom. The molecule has 8 heteroatoms. The van der Waals surface area contributed by atoms with E-state index in [1.54, 1.807) is 16.8 Å². The minimum absolute atomic E-state index is 0.312. The Bertz CT molecular complexity index is 861. The van der Waals surface area contributed by atoms with Crippen LogP contribution >= 0.6 is 0 Å². The monoisotopic (exact) mass is 347 g/mol. The zero-order valence-electron chi connectivity index (χ0n) is 13.6. The van der Waals surface area contributed by atoms with Gasteiger partial charge in [-0.05, 0) is 43.4 Å². The van der Waals surface area contributed by atoms with Crippen LogP contribution in [0.4, 0.5) is 5.69 Å². The number of anilines is 1. The fourth-order valence-electron chi connectivity index (χ4n) is 3.56. The van der Waals surface area contributed by atoms with Crippen LogP contribution in [0.25, 0.3) is 0 Å². The first-order chi connectivity index (χ1) is 11.5. The van der Waals surface area contributed by atoms with E-state index in [2.05, 4.69) is 19.7 Å². The highest BCUT2D eigenvalue weighted by Gasteiger charge is 2.28. The van der Waals surface area contributed by atoms with Crippen LogP contribution in [0.15, 0.2) is 29.4 Å². The molecule has 7 nitrogen and oxygen atoms in total. The number of nitrogens with zero attached hydrogens (tertiary/aromatic N) is 4. The molecule has 0 aliphatic carbocycles. The van der Waals surface area contributed by atoms with E-state index in [0.717, 1.165) is 44.5 Å². The van der Waals surface area contributed by atoms with E-state index >= 15 is 0 Å². The van der Waals surface area contributed by atoms with Gasteiger partial charge in [-0.1, -0.05) is 6.07 Å². The second-order valence-corrected chi connectivity index (χ2v) is 8.19. The van der Waals surface area contributed by atoms with E-state index in [1.807, 2.05) is 13.1 Å². The van der Waals surface area contributed by atoms with E-state index < -0.39 is 10.0 Å². The molecule has 0 spiro atoms. The summed E-state index contributed by atoms with van der Waals surface area (Å²) in [6.07, 6.45) is 5.21. The highest BCUT2D eigenvalue weighted by molar-refractivity contribution is 7.89. The SMILES string of the molecule is CN1CCCc2ccc(S(=O)(=O)NC3CCCn4ncnc43)cc21. The summed E-state index contributed by atoms with van der Waals surface area (Å²) in [5.41, 5.74) is 2.22. The maximum atomic E-state index is 12.8. The van der Waals surface area contributed by atoms with Gasteiger partial charge in [0.2, 0.25) is 10.0 Å². The Kier molecular flexibility index (Phi) is 3.80. The second-order valence-electron chi connectivity index (χ2n) is 6.47. The van der Waals surface area contributed by atoms with E-state index in [4.69, 9.17) is 0 Å². The molecular weight excluding hydrogens is 326 g/mol. The van der Waals surface area contributed by atoms with Gasteiger partial charge in [0.15, 0.2) is 0 Å². The number of nitrogens with one attached hydrogen (secondary N) is 1. The third-order valence-electron chi connectivity index (χ3n) is 4.84. The summed E-state index contributed by atoms with van der Waals surface area (Å²) < 4.78 is 30.3. The molecule has 1 atom stereocenters. The Labute approximate surface area is 141 Å². The predicted molar refractivity (Wildman–Crippen MR) is 90.4 cm³/mol. The van der Waals surface area contributed by atoms with Crippen LogP contribution in [0, 0.1) is 0 Å². The van der Waals surface area contributed by atoms with Crippen LogP contribution in [-0.2, 0) is 23.0 Å². The number of aromatic nitrogens is 3. The zero-order valence-corrected chi connectivity index (χ0v) is 14.5. The maximum Gasteiger partial charge on any atom is 0.241 e. The van der Waals surface area contributed by atoms with Gasteiger partial charge in [-0.2, -0.15) is 5.10 Å². The normalized spacial score (nSPS) is 20.5. The molecule has 0 saturated carbocycles. The van der Waals surface area contributed by atoms with E-state index in [-0.39, 0.29) is 6.04 Å². The lowest BCUT2D eigenvalue weighted by Crippen LogP contribution is -2.33. The third-order valence-corrected chi connectivity index (χ3v) is 6.30. The summed E-state index contributed by atoms with van der Waals surface area (Å²) in [6.45, 7) is 1.74. The lowest BCUT2D eigenvalue weighted by Gasteiger charge is -2.28. The average molecular weight is 347 g/mol. The van der Waals surface area contributed by atoms with Crippen LogP contribution in [0.5, 0.6) is 0 Å². The van der Waals surface area contributed by atoms with Crippen molar-refractivity contribution in [1.82, 2.24) is 19.5 Å². The van der Waals surface area contributed by atoms with Crippen molar-refractivity contribution in [3.63, 3.8) is 0 Å². The van der Waals surface area contributed by atoms with Gasteiger partial charge in [-0.3, -0.25) is 0 Å². The highest BCUT2D eigenvalue weighted by atomic mass is 32.2. The van der Waals surface area contributed by atoms with Crippen LogP contribution in [0.3, 0.4) is 0 Å². The van der Waals surface area contributed by atoms with Crippen molar-refractivity contribution in [1.29, 1.82) is 0 Å². The minimum atomic E-state index is -3.60. The number of fused-ring (bicyclic) bond motifs is 2. The van der Waals surface area contributed by atoms with E-state index in [9.17, 15) is 8.42 Å². The average Bonchev–Trinajstić information content (AvgIpc) is 3.04. The van der Waals surface area contributed by atoms with Crippen molar-refractivity contribution in [2.24, 2.45) is 0 Å². The molecule has 128 valence electrons. The standard InChI is InChI=1S/C16H21N5O2S/c1-20-8-2-4-12-6-7-13(10-15(12)20)24(22,23)19-14-5-3-9-21-16(14)17-11-18-21/h6-7,10-11,14,19H,2-5,8-9H2,1H3. The molecule has 0 radical (unpaired) electrons. The molecule has 1 aromatic heterocycles. The second kappa shape index (κ2) is 5.86. The highest BCUT2D eigenvalue weighted by Crippen LogP contribution is 2.30. The molecule has 0 fully saturated rings. The summed E-state index contributed by atoms with van der Waals surface area (Å²) in [4.78, 5) is 6.65. The largest absolute Gasteiger partial charge is 0.374 e. The first kappa shape index (κ1) is 15.6. The van der Waals surface area contributed by atoms with Crippen molar-refractivity contribution in [2.45, 2.75) is 43.2 Å². The molecular formula is C16H21N5O2S. The molecule has 1 aromatic carbocycles. The summed E-state index contributed by atoms with van der Waals surface area (Å²) in [5.74, 6) is 0.694. The smallest absolute Gasteiger partial charge is 0.241 e. The predicted octanol–water partition coefficient (Wildman–Crippen LogP) is 1.47. The molecule has 2 aliphatic rings. The third kappa shape index (κ3) is 2.69. The van der Waals surface area contributed by atoms with E-state index in [1.165, 1.54) is 11.9 Å². The van der Waals surface area contributed by atoms with Gasteiger partial charge in [-0.25, -0.2) is 22.8 Å². The van der Waals surface area contributed by atoms with E-state index in [0.29, 0.717) is 10.7 Å². The number of aryl methyl sites for hydroxylation is 2. The van der Waals surface area contributed by atoms with Crippen LogP contribution in [0.1, 0.15) is 36.7 Å². The van der Waals surface area contributed by atoms with Gasteiger partial charge in [0.25, 0.3) is 0 Å². The van der Waals surface area contributed by atoms with Crippen molar-refractivity contribution < 1.29 is 8.42 Å². The molecule has 2 aliphatic heterocycles. The van der Waals surface area contributed by atoms with Gasteiger partial charge in [-0.15, -0.1) is 0 Å².